The number of rotatable bonds is 6. The summed E-state index contributed by atoms with van der Waals surface area (Å²) in [7, 11) is 3.23. The second-order valence-electron chi connectivity index (χ2n) is 4.30. The Kier molecular flexibility index (Phi) is 5.05. The first-order chi connectivity index (χ1) is 10.1. The van der Waals surface area contributed by atoms with Crippen molar-refractivity contribution in [1.82, 2.24) is 9.97 Å². The summed E-state index contributed by atoms with van der Waals surface area (Å²) < 4.78 is 10.5. The Bertz CT molecular complexity index is 602. The number of hydrogen-bond donors (Lipinski definition) is 2. The zero-order chi connectivity index (χ0) is 15.2. The van der Waals surface area contributed by atoms with E-state index >= 15 is 0 Å². The number of benzene rings is 1. The molecule has 3 N–H and O–H groups in total. The first-order valence-electron chi connectivity index (χ1n) is 6.37. The molecule has 1 aromatic carbocycles. The molecule has 2 aromatic rings. The average molecular weight is 309 g/mol. The smallest absolute Gasteiger partial charge is 0.223 e. The molecule has 6 nitrogen and oxygen atoms in total. The summed E-state index contributed by atoms with van der Waals surface area (Å²) >= 11 is 5.82. The highest BCUT2D eigenvalue weighted by Crippen LogP contribution is 2.27. The van der Waals surface area contributed by atoms with Crippen molar-refractivity contribution >= 4 is 23.4 Å². The highest BCUT2D eigenvalue weighted by molar-refractivity contribution is 6.29. The summed E-state index contributed by atoms with van der Waals surface area (Å²) in [6.45, 7) is 0.683. The molecule has 7 heteroatoms. The van der Waals surface area contributed by atoms with Gasteiger partial charge in [0.1, 0.15) is 11.0 Å². The average Bonchev–Trinajstić information content (AvgIpc) is 2.46. The Labute approximate surface area is 128 Å². The summed E-state index contributed by atoms with van der Waals surface area (Å²) in [5.41, 5.74) is 6.65. The first-order valence-corrected chi connectivity index (χ1v) is 6.75. The van der Waals surface area contributed by atoms with Gasteiger partial charge in [0.05, 0.1) is 14.2 Å². The molecular formula is C14H17ClN4O2. The van der Waals surface area contributed by atoms with E-state index in [-0.39, 0.29) is 5.95 Å². The zero-order valence-corrected chi connectivity index (χ0v) is 12.6. The molecule has 112 valence electrons. The van der Waals surface area contributed by atoms with E-state index in [2.05, 4.69) is 15.3 Å². The van der Waals surface area contributed by atoms with Crippen LogP contribution < -0.4 is 20.5 Å². The SMILES string of the molecule is COc1ccc(CCNc2cc(Cl)nc(N)n2)cc1OC. The lowest BCUT2D eigenvalue weighted by atomic mass is 10.1. The Morgan fingerprint density at radius 3 is 2.57 bits per heavy atom. The first kappa shape index (κ1) is 15.2. The van der Waals surface area contributed by atoms with Crippen LogP contribution >= 0.6 is 11.6 Å². The van der Waals surface area contributed by atoms with Gasteiger partial charge in [0.2, 0.25) is 5.95 Å². The van der Waals surface area contributed by atoms with Gasteiger partial charge in [-0.1, -0.05) is 17.7 Å². The summed E-state index contributed by atoms with van der Waals surface area (Å²) in [5, 5.41) is 3.47. The minimum atomic E-state index is 0.149. The van der Waals surface area contributed by atoms with Gasteiger partial charge in [-0.05, 0) is 24.1 Å². The lowest BCUT2D eigenvalue weighted by Gasteiger charge is -2.10. The Hall–Kier alpha value is -2.21. The fourth-order valence-electron chi connectivity index (χ4n) is 1.90. The molecule has 0 aliphatic heterocycles. The van der Waals surface area contributed by atoms with Gasteiger partial charge in [0.25, 0.3) is 0 Å². The van der Waals surface area contributed by atoms with Crippen molar-refractivity contribution < 1.29 is 9.47 Å². The number of nitrogen functional groups attached to an aromatic ring is 1. The van der Waals surface area contributed by atoms with Crippen LogP contribution in [-0.4, -0.2) is 30.7 Å². The van der Waals surface area contributed by atoms with Gasteiger partial charge in [-0.2, -0.15) is 4.98 Å². The van der Waals surface area contributed by atoms with Crippen molar-refractivity contribution in [1.29, 1.82) is 0 Å². The van der Waals surface area contributed by atoms with Gasteiger partial charge in [-0.25, -0.2) is 4.98 Å². The Morgan fingerprint density at radius 2 is 1.90 bits per heavy atom. The summed E-state index contributed by atoms with van der Waals surface area (Å²) in [4.78, 5) is 7.86. The van der Waals surface area contributed by atoms with E-state index < -0.39 is 0 Å². The number of ether oxygens (including phenoxy) is 2. The summed E-state index contributed by atoms with van der Waals surface area (Å²) in [6, 6.07) is 7.45. The molecule has 0 aliphatic rings. The number of halogens is 1. The van der Waals surface area contributed by atoms with Crippen LogP contribution in [0.2, 0.25) is 5.15 Å². The molecular weight excluding hydrogens is 292 g/mol. The van der Waals surface area contributed by atoms with E-state index in [9.17, 15) is 0 Å². The predicted octanol–water partition coefficient (Wildman–Crippen LogP) is 2.38. The van der Waals surface area contributed by atoms with Crippen molar-refractivity contribution in [2.45, 2.75) is 6.42 Å². The number of nitrogens with zero attached hydrogens (tertiary/aromatic N) is 2. The third-order valence-electron chi connectivity index (χ3n) is 2.88. The molecule has 1 aromatic heterocycles. The van der Waals surface area contributed by atoms with Crippen molar-refractivity contribution in [2.75, 3.05) is 31.8 Å². The molecule has 0 bridgehead atoms. The van der Waals surface area contributed by atoms with Crippen molar-refractivity contribution in [2.24, 2.45) is 0 Å². The largest absolute Gasteiger partial charge is 0.493 e. The zero-order valence-electron chi connectivity index (χ0n) is 11.9. The molecule has 1 heterocycles. The molecule has 0 amide bonds. The molecule has 0 spiro atoms. The van der Waals surface area contributed by atoms with E-state index in [1.807, 2.05) is 18.2 Å². The van der Waals surface area contributed by atoms with E-state index in [0.29, 0.717) is 29.0 Å². The number of methoxy groups -OCH3 is 2. The van der Waals surface area contributed by atoms with Gasteiger partial charge in [0, 0.05) is 12.6 Å². The molecule has 0 unspecified atom stereocenters. The van der Waals surface area contributed by atoms with Gasteiger partial charge in [0.15, 0.2) is 11.5 Å². The quantitative estimate of drug-likeness (QED) is 0.797. The summed E-state index contributed by atoms with van der Waals surface area (Å²) in [5.74, 6) is 2.18. The van der Waals surface area contributed by atoms with Crippen LogP contribution in [0.5, 0.6) is 11.5 Å². The van der Waals surface area contributed by atoms with Gasteiger partial charge in [-0.15, -0.1) is 0 Å². The van der Waals surface area contributed by atoms with Gasteiger partial charge < -0.3 is 20.5 Å². The number of hydrogen-bond acceptors (Lipinski definition) is 6. The number of nitrogens with two attached hydrogens (primary N) is 1. The lowest BCUT2D eigenvalue weighted by Crippen LogP contribution is -2.08. The molecule has 0 atom stereocenters. The van der Waals surface area contributed by atoms with E-state index in [1.54, 1.807) is 20.3 Å². The molecule has 0 fully saturated rings. The molecule has 0 saturated heterocycles. The van der Waals surface area contributed by atoms with Crippen LogP contribution in [0.3, 0.4) is 0 Å². The monoisotopic (exact) mass is 308 g/mol. The molecule has 0 radical (unpaired) electrons. The molecule has 2 rings (SSSR count). The normalized spacial score (nSPS) is 10.2. The highest BCUT2D eigenvalue weighted by Gasteiger charge is 2.05. The van der Waals surface area contributed by atoms with Crippen molar-refractivity contribution in [3.8, 4) is 11.5 Å². The molecule has 0 saturated carbocycles. The van der Waals surface area contributed by atoms with Crippen molar-refractivity contribution in [3.05, 3.63) is 35.0 Å². The van der Waals surface area contributed by atoms with E-state index in [4.69, 9.17) is 26.8 Å². The third-order valence-corrected chi connectivity index (χ3v) is 3.07. The highest BCUT2D eigenvalue weighted by atomic mass is 35.5. The van der Waals surface area contributed by atoms with E-state index in [0.717, 1.165) is 12.0 Å². The van der Waals surface area contributed by atoms with E-state index in [1.165, 1.54) is 0 Å². The van der Waals surface area contributed by atoms with Crippen LogP contribution in [0.1, 0.15) is 5.56 Å². The number of anilines is 2. The second-order valence-corrected chi connectivity index (χ2v) is 4.69. The lowest BCUT2D eigenvalue weighted by molar-refractivity contribution is 0.354. The standard InChI is InChI=1S/C14H17ClN4O2/c1-20-10-4-3-9(7-11(10)21-2)5-6-17-13-8-12(15)18-14(16)19-13/h3-4,7-8H,5-6H2,1-2H3,(H3,16,17,18,19). The minimum Gasteiger partial charge on any atom is -0.493 e. The van der Waals surface area contributed by atoms with Crippen LogP contribution in [0.4, 0.5) is 11.8 Å². The maximum Gasteiger partial charge on any atom is 0.223 e. The van der Waals surface area contributed by atoms with Crippen LogP contribution in [0.25, 0.3) is 0 Å². The fraction of sp³-hybridized carbons (Fsp3) is 0.286. The topological polar surface area (TPSA) is 82.3 Å². The van der Waals surface area contributed by atoms with Crippen molar-refractivity contribution in [3.63, 3.8) is 0 Å². The van der Waals surface area contributed by atoms with Crippen LogP contribution in [0.15, 0.2) is 24.3 Å². The molecule has 21 heavy (non-hydrogen) atoms. The molecule has 0 aliphatic carbocycles. The Morgan fingerprint density at radius 1 is 1.14 bits per heavy atom. The fourth-order valence-corrected chi connectivity index (χ4v) is 2.09. The predicted molar refractivity (Wildman–Crippen MR) is 83.2 cm³/mol. The number of aromatic nitrogens is 2. The maximum atomic E-state index is 5.82. The van der Waals surface area contributed by atoms with Gasteiger partial charge in [-0.3, -0.25) is 0 Å². The van der Waals surface area contributed by atoms with Crippen LogP contribution in [-0.2, 0) is 6.42 Å². The maximum absolute atomic E-state index is 5.82. The van der Waals surface area contributed by atoms with Gasteiger partial charge >= 0.3 is 0 Å². The second kappa shape index (κ2) is 6.99. The van der Waals surface area contributed by atoms with Crippen LogP contribution in [0, 0.1) is 0 Å². The number of nitrogens with one attached hydrogen (secondary N) is 1. The third kappa shape index (κ3) is 4.13. The Balaban J connectivity index is 1.97. The summed E-state index contributed by atoms with van der Waals surface area (Å²) in [6.07, 6.45) is 0.794. The minimum absolute atomic E-state index is 0.149.